The number of H-pyrrole nitrogens is 1. The van der Waals surface area contributed by atoms with Crippen molar-refractivity contribution in [1.82, 2.24) is 14.8 Å². The van der Waals surface area contributed by atoms with E-state index in [1.54, 1.807) is 17.8 Å². The molecule has 3 aromatic rings. The van der Waals surface area contributed by atoms with Gasteiger partial charge in [-0.15, -0.1) is 11.8 Å². The molecule has 2 saturated heterocycles. The van der Waals surface area contributed by atoms with E-state index < -0.39 is 63.5 Å². The van der Waals surface area contributed by atoms with Gasteiger partial charge in [0.2, 0.25) is 12.0 Å². The van der Waals surface area contributed by atoms with Gasteiger partial charge in [0.05, 0.1) is 38.7 Å². The average molecular weight is 885 g/mol. The SMILES string of the molecule is CCSc1ccc2[nH]c3c(c2c1)CCN1C[C@H](C[C@@](O)(CC)C1)C[C@]3(C(=O)OC)c1cc2c(cc1OC)N(C=O)[C@H]1[C@@](O)(C(=O)OC)[C@H](OC(C)=O)[C@]3(CC)C=CCN4CC[C@]21[C@@H]43. The maximum absolute atomic E-state index is 15.5. The molecular weight excluding hydrogens is 825 g/mol. The second-order valence-corrected chi connectivity index (χ2v) is 20.0. The second kappa shape index (κ2) is 15.6. The molecule has 2 aromatic carbocycles. The molecule has 3 N–H and O–H groups in total. The number of benzene rings is 2. The summed E-state index contributed by atoms with van der Waals surface area (Å²) in [4.78, 5) is 67.7. The van der Waals surface area contributed by atoms with Gasteiger partial charge >= 0.3 is 17.9 Å². The summed E-state index contributed by atoms with van der Waals surface area (Å²) in [5.41, 5.74) is -3.16. The minimum absolute atomic E-state index is 0.163. The standard InChI is InChI=1S/C48H60N4O10S/c1-8-44(57)23-29-24-47(42(55)60-6,38-31(14-18-50(25-29)26-44)32-20-30(63-10-3)12-13-35(32)49-38)34-21-33-36(22-37(34)59-5)52(27-53)40-46(33)16-19-51-17-11-15-45(9-2,39(46)51)41(62-28(4)54)48(40,58)43(56)61-7/h11-13,15,20-22,27,29,39-41,49,57-58H,8-10,14,16-19,23-26H2,1-7H3/t29-,39+,40-,41-,44+,45-,46-,47+,48+/m1/s1. The van der Waals surface area contributed by atoms with Crippen molar-refractivity contribution in [2.24, 2.45) is 11.3 Å². The van der Waals surface area contributed by atoms with Gasteiger partial charge in [-0.05, 0) is 92.1 Å². The van der Waals surface area contributed by atoms with E-state index >= 15 is 4.79 Å². The Morgan fingerprint density at radius 2 is 1.75 bits per heavy atom. The number of nitrogens with zero attached hydrogens (tertiary/aromatic N) is 3. The highest BCUT2D eigenvalue weighted by Crippen LogP contribution is 2.68. The molecule has 2 bridgehead atoms. The summed E-state index contributed by atoms with van der Waals surface area (Å²) in [6.07, 6.45) is 5.83. The van der Waals surface area contributed by atoms with Crippen molar-refractivity contribution in [2.45, 2.75) is 111 Å². The number of fused-ring (bicyclic) bond motifs is 6. The Morgan fingerprint density at radius 3 is 2.41 bits per heavy atom. The fourth-order valence-corrected chi connectivity index (χ4v) is 14.3. The van der Waals surface area contributed by atoms with Crippen molar-refractivity contribution in [2.75, 3.05) is 64.7 Å². The van der Waals surface area contributed by atoms with E-state index in [2.05, 4.69) is 39.9 Å². The van der Waals surface area contributed by atoms with Crippen LogP contribution in [0.5, 0.6) is 5.75 Å². The number of piperidine rings is 1. The third-order valence-corrected chi connectivity index (χ3v) is 16.8. The van der Waals surface area contributed by atoms with Crippen LogP contribution in [0.25, 0.3) is 10.9 Å². The molecule has 6 aliphatic rings. The molecule has 6 heterocycles. The monoisotopic (exact) mass is 884 g/mol. The number of thioether (sulfide) groups is 1. The number of aromatic amines is 1. The molecule has 3 fully saturated rings. The first kappa shape index (κ1) is 43.8. The molecule has 10 atom stereocenters. The Hall–Kier alpha value is -4.41. The molecule has 1 saturated carbocycles. The van der Waals surface area contributed by atoms with E-state index in [1.807, 2.05) is 32.1 Å². The Morgan fingerprint density at radius 1 is 0.968 bits per heavy atom. The van der Waals surface area contributed by atoms with Crippen LogP contribution in [0.2, 0.25) is 0 Å². The molecule has 63 heavy (non-hydrogen) atoms. The van der Waals surface area contributed by atoms with Crippen LogP contribution in [-0.4, -0.2) is 139 Å². The predicted molar refractivity (Wildman–Crippen MR) is 237 cm³/mol. The van der Waals surface area contributed by atoms with Gasteiger partial charge in [0.1, 0.15) is 11.2 Å². The van der Waals surface area contributed by atoms with Crippen LogP contribution in [0.1, 0.15) is 82.2 Å². The summed E-state index contributed by atoms with van der Waals surface area (Å²) in [5, 5.41) is 26.4. The summed E-state index contributed by atoms with van der Waals surface area (Å²) in [6, 6.07) is 8.33. The van der Waals surface area contributed by atoms with Gasteiger partial charge in [-0.2, -0.15) is 0 Å². The fraction of sp³-hybridized carbons (Fsp3) is 0.583. The van der Waals surface area contributed by atoms with E-state index in [0.29, 0.717) is 99.5 Å². The van der Waals surface area contributed by atoms with Crippen LogP contribution in [0.15, 0.2) is 47.4 Å². The fourth-order valence-electron chi connectivity index (χ4n) is 13.6. The third-order valence-electron chi connectivity index (χ3n) is 15.9. The zero-order valence-corrected chi connectivity index (χ0v) is 38.1. The van der Waals surface area contributed by atoms with Crippen LogP contribution >= 0.6 is 11.8 Å². The molecule has 0 radical (unpaired) electrons. The molecule has 1 unspecified atom stereocenters. The Labute approximate surface area is 372 Å². The van der Waals surface area contributed by atoms with Crippen LogP contribution in [0.3, 0.4) is 0 Å². The lowest BCUT2D eigenvalue weighted by molar-refractivity contribution is -0.228. The summed E-state index contributed by atoms with van der Waals surface area (Å²) in [5.74, 6) is -1.18. The largest absolute Gasteiger partial charge is 0.496 e. The second-order valence-electron chi connectivity index (χ2n) is 18.7. The number of ether oxygens (including phenoxy) is 4. The number of aliphatic hydroxyl groups is 2. The number of amides is 1. The zero-order valence-electron chi connectivity index (χ0n) is 37.3. The highest BCUT2D eigenvalue weighted by atomic mass is 32.2. The topological polar surface area (TPSA) is 171 Å². The first-order valence-corrected chi connectivity index (χ1v) is 23.4. The average Bonchev–Trinajstić information content (AvgIpc) is 3.95. The van der Waals surface area contributed by atoms with Crippen LogP contribution < -0.4 is 9.64 Å². The number of anilines is 1. The number of methoxy groups -OCH3 is 3. The summed E-state index contributed by atoms with van der Waals surface area (Å²) < 4.78 is 23.8. The van der Waals surface area contributed by atoms with Crippen molar-refractivity contribution < 1.29 is 48.3 Å². The highest BCUT2D eigenvalue weighted by Gasteiger charge is 2.81. The van der Waals surface area contributed by atoms with Gasteiger partial charge in [0.15, 0.2) is 6.10 Å². The van der Waals surface area contributed by atoms with E-state index in [0.717, 1.165) is 27.1 Å². The maximum atomic E-state index is 15.5. The van der Waals surface area contributed by atoms with Gasteiger partial charge in [0.25, 0.3) is 0 Å². The lowest BCUT2D eigenvalue weighted by Gasteiger charge is -2.63. The molecule has 1 aliphatic carbocycles. The first-order chi connectivity index (χ1) is 30.2. The van der Waals surface area contributed by atoms with Gasteiger partial charge < -0.3 is 39.0 Å². The minimum Gasteiger partial charge on any atom is -0.496 e. The minimum atomic E-state index is -2.54. The molecule has 9 rings (SSSR count). The highest BCUT2D eigenvalue weighted by molar-refractivity contribution is 7.99. The van der Waals surface area contributed by atoms with Crippen LogP contribution in [0, 0.1) is 11.3 Å². The molecule has 1 amide bonds. The van der Waals surface area contributed by atoms with Crippen molar-refractivity contribution in [3.8, 4) is 5.75 Å². The lowest BCUT2D eigenvalue weighted by Crippen LogP contribution is -2.81. The molecular formula is C48H60N4O10S. The van der Waals surface area contributed by atoms with Crippen molar-refractivity contribution in [3.63, 3.8) is 0 Å². The molecule has 1 aromatic heterocycles. The van der Waals surface area contributed by atoms with Gasteiger partial charge in [0, 0.05) is 83.1 Å². The Bertz CT molecular complexity index is 2400. The predicted octanol–water partition coefficient (Wildman–Crippen LogP) is 4.63. The van der Waals surface area contributed by atoms with E-state index in [1.165, 1.54) is 33.2 Å². The molecule has 1 spiro atoms. The lowest BCUT2D eigenvalue weighted by atomic mass is 9.47. The van der Waals surface area contributed by atoms with E-state index in [4.69, 9.17) is 18.9 Å². The number of esters is 3. The maximum Gasteiger partial charge on any atom is 0.344 e. The number of aromatic nitrogens is 1. The zero-order chi connectivity index (χ0) is 44.9. The summed E-state index contributed by atoms with van der Waals surface area (Å²) in [6.45, 7) is 10.3. The number of nitrogens with one attached hydrogen (secondary N) is 1. The van der Waals surface area contributed by atoms with E-state index in [-0.39, 0.29) is 12.3 Å². The quantitative estimate of drug-likeness (QED) is 0.0848. The van der Waals surface area contributed by atoms with Crippen molar-refractivity contribution in [1.29, 1.82) is 0 Å². The van der Waals surface area contributed by atoms with Crippen LogP contribution in [-0.2, 0) is 50.6 Å². The molecule has 338 valence electrons. The number of rotatable bonds is 10. The number of hydrogen-bond donors (Lipinski definition) is 3. The first-order valence-electron chi connectivity index (χ1n) is 22.4. The smallest absolute Gasteiger partial charge is 0.344 e. The number of carbonyl (C=O) groups is 4. The molecule has 5 aliphatic heterocycles. The van der Waals surface area contributed by atoms with Gasteiger partial charge in [-0.1, -0.05) is 32.9 Å². The third kappa shape index (κ3) is 5.97. The van der Waals surface area contributed by atoms with Gasteiger partial charge in [-0.25, -0.2) is 4.79 Å². The van der Waals surface area contributed by atoms with Crippen molar-refractivity contribution >= 4 is 52.7 Å². The number of hydrogen-bond acceptors (Lipinski definition) is 13. The van der Waals surface area contributed by atoms with Gasteiger partial charge in [-0.3, -0.25) is 24.2 Å². The Kier molecular flexibility index (Phi) is 10.9. The summed E-state index contributed by atoms with van der Waals surface area (Å²) >= 11 is 1.75. The number of carbonyl (C=O) groups excluding carboxylic acids is 4. The molecule has 15 heteroatoms. The van der Waals surface area contributed by atoms with E-state index in [9.17, 15) is 24.6 Å². The summed E-state index contributed by atoms with van der Waals surface area (Å²) in [7, 11) is 4.11. The van der Waals surface area contributed by atoms with Crippen LogP contribution in [0.4, 0.5) is 5.69 Å². The Balaban J connectivity index is 1.38. The normalized spacial score (nSPS) is 35.3. The van der Waals surface area contributed by atoms with Crippen molar-refractivity contribution in [3.05, 3.63) is 64.9 Å². The molecule has 14 nitrogen and oxygen atoms in total.